The molecule has 1 saturated heterocycles. The maximum absolute atomic E-state index is 11.7. The predicted molar refractivity (Wildman–Crippen MR) is 48.5 cm³/mol. The second-order valence-electron chi connectivity index (χ2n) is 3.78. The molecule has 1 aliphatic heterocycles. The van der Waals surface area contributed by atoms with Gasteiger partial charge < -0.3 is 15.2 Å². The van der Waals surface area contributed by atoms with Crippen molar-refractivity contribution in [1.29, 1.82) is 0 Å². The van der Waals surface area contributed by atoms with E-state index >= 15 is 0 Å². The Bertz CT molecular complexity index is 187. The molecule has 0 amide bonds. The third-order valence-electron chi connectivity index (χ3n) is 2.47. The van der Waals surface area contributed by atoms with Crippen LogP contribution in [0, 0.1) is 5.92 Å². The maximum atomic E-state index is 11.7. The summed E-state index contributed by atoms with van der Waals surface area (Å²) in [6.07, 6.45) is -3.56. The number of rotatable bonds is 4. The number of aliphatic hydroxyl groups is 1. The number of hydrogen-bond donors (Lipinski definition) is 2. The van der Waals surface area contributed by atoms with Crippen molar-refractivity contribution in [2.75, 3.05) is 26.3 Å². The average molecular weight is 227 g/mol. The summed E-state index contributed by atoms with van der Waals surface area (Å²) in [6, 6.07) is 0. The fourth-order valence-electron chi connectivity index (χ4n) is 1.63. The summed E-state index contributed by atoms with van der Waals surface area (Å²) in [5, 5.41) is 12.6. The molecule has 0 saturated carbocycles. The molecular weight excluding hydrogens is 211 g/mol. The third kappa shape index (κ3) is 5.34. The summed E-state index contributed by atoms with van der Waals surface area (Å²) in [5.74, 6) is 0.00647. The van der Waals surface area contributed by atoms with Gasteiger partial charge in [0.25, 0.3) is 0 Å². The normalized spacial score (nSPS) is 28.0. The van der Waals surface area contributed by atoms with Gasteiger partial charge in [0.1, 0.15) is 6.61 Å². The Morgan fingerprint density at radius 2 is 2.13 bits per heavy atom. The van der Waals surface area contributed by atoms with Gasteiger partial charge in [-0.25, -0.2) is 0 Å². The molecule has 2 atom stereocenters. The van der Waals surface area contributed by atoms with Crippen molar-refractivity contribution < 1.29 is 23.0 Å². The standard InChI is InChI=1S/C9H16F3NO2/c10-9(11,12)6-15-4-2-7-5-13-3-1-8(7)14/h7-8,13-14H,1-6H2. The summed E-state index contributed by atoms with van der Waals surface area (Å²) >= 11 is 0. The Balaban J connectivity index is 2.08. The van der Waals surface area contributed by atoms with E-state index in [1.54, 1.807) is 0 Å². The molecule has 1 fully saturated rings. The van der Waals surface area contributed by atoms with Gasteiger partial charge >= 0.3 is 6.18 Å². The summed E-state index contributed by atoms with van der Waals surface area (Å²) in [6.45, 7) is 0.254. The van der Waals surface area contributed by atoms with Crippen molar-refractivity contribution in [2.45, 2.75) is 25.1 Å². The van der Waals surface area contributed by atoms with E-state index < -0.39 is 18.9 Å². The number of alkyl halides is 3. The van der Waals surface area contributed by atoms with Crippen LogP contribution in [0.5, 0.6) is 0 Å². The Morgan fingerprint density at radius 3 is 2.73 bits per heavy atom. The van der Waals surface area contributed by atoms with Crippen LogP contribution < -0.4 is 5.32 Å². The van der Waals surface area contributed by atoms with Crippen molar-refractivity contribution in [2.24, 2.45) is 5.92 Å². The molecule has 15 heavy (non-hydrogen) atoms. The third-order valence-corrected chi connectivity index (χ3v) is 2.47. The highest BCUT2D eigenvalue weighted by molar-refractivity contribution is 4.76. The van der Waals surface area contributed by atoms with Crippen molar-refractivity contribution in [3.05, 3.63) is 0 Å². The molecular formula is C9H16F3NO2. The maximum Gasteiger partial charge on any atom is 0.411 e. The molecule has 1 heterocycles. The monoisotopic (exact) mass is 227 g/mol. The number of aliphatic hydroxyl groups excluding tert-OH is 1. The second kappa shape index (κ2) is 5.67. The van der Waals surface area contributed by atoms with Gasteiger partial charge in [-0.05, 0) is 25.3 Å². The summed E-state index contributed by atoms with van der Waals surface area (Å²) in [4.78, 5) is 0. The lowest BCUT2D eigenvalue weighted by Gasteiger charge is -2.28. The van der Waals surface area contributed by atoms with Crippen LogP contribution in [0.3, 0.4) is 0 Å². The molecule has 2 N–H and O–H groups in total. The zero-order valence-corrected chi connectivity index (χ0v) is 8.39. The lowest BCUT2D eigenvalue weighted by molar-refractivity contribution is -0.175. The molecule has 0 spiro atoms. The zero-order chi connectivity index (χ0) is 11.3. The molecule has 0 aliphatic carbocycles. The van der Waals surface area contributed by atoms with E-state index in [-0.39, 0.29) is 12.5 Å². The molecule has 6 heteroatoms. The van der Waals surface area contributed by atoms with E-state index in [1.807, 2.05) is 0 Å². The highest BCUT2D eigenvalue weighted by Crippen LogP contribution is 2.17. The molecule has 0 aromatic rings. The van der Waals surface area contributed by atoms with Crippen molar-refractivity contribution >= 4 is 0 Å². The second-order valence-corrected chi connectivity index (χ2v) is 3.78. The summed E-state index contributed by atoms with van der Waals surface area (Å²) in [7, 11) is 0. The van der Waals surface area contributed by atoms with Gasteiger partial charge in [0.15, 0.2) is 0 Å². The highest BCUT2D eigenvalue weighted by atomic mass is 19.4. The minimum absolute atomic E-state index is 0.00647. The highest BCUT2D eigenvalue weighted by Gasteiger charge is 2.28. The van der Waals surface area contributed by atoms with Crippen LogP contribution in [0.1, 0.15) is 12.8 Å². The minimum Gasteiger partial charge on any atom is -0.393 e. The van der Waals surface area contributed by atoms with Gasteiger partial charge in [0.2, 0.25) is 0 Å². The number of halogens is 3. The summed E-state index contributed by atoms with van der Waals surface area (Å²) in [5.41, 5.74) is 0. The number of nitrogens with one attached hydrogen (secondary N) is 1. The molecule has 1 rings (SSSR count). The predicted octanol–water partition coefficient (Wildman–Crippen LogP) is 0.926. The van der Waals surface area contributed by atoms with E-state index in [4.69, 9.17) is 0 Å². The fraction of sp³-hybridized carbons (Fsp3) is 1.00. The lowest BCUT2D eigenvalue weighted by atomic mass is 9.93. The first-order valence-corrected chi connectivity index (χ1v) is 5.02. The molecule has 2 unspecified atom stereocenters. The van der Waals surface area contributed by atoms with Crippen molar-refractivity contribution in [3.8, 4) is 0 Å². The molecule has 0 aromatic heterocycles. The molecule has 0 aromatic carbocycles. The smallest absolute Gasteiger partial charge is 0.393 e. The van der Waals surface area contributed by atoms with Crippen LogP contribution in [0.2, 0.25) is 0 Å². The van der Waals surface area contributed by atoms with Gasteiger partial charge in [-0.15, -0.1) is 0 Å². The largest absolute Gasteiger partial charge is 0.411 e. The van der Waals surface area contributed by atoms with Crippen LogP contribution in [0.15, 0.2) is 0 Å². The van der Waals surface area contributed by atoms with E-state index in [1.165, 1.54) is 0 Å². The fourth-order valence-corrected chi connectivity index (χ4v) is 1.63. The van der Waals surface area contributed by atoms with Crippen LogP contribution in [-0.4, -0.2) is 43.7 Å². The van der Waals surface area contributed by atoms with Gasteiger partial charge in [0, 0.05) is 13.2 Å². The first-order valence-electron chi connectivity index (χ1n) is 5.02. The Morgan fingerprint density at radius 1 is 1.40 bits per heavy atom. The molecule has 1 aliphatic rings. The quantitative estimate of drug-likeness (QED) is 0.702. The Kier molecular flexibility index (Phi) is 4.82. The first-order chi connectivity index (χ1) is 6.99. The number of hydrogen-bond acceptors (Lipinski definition) is 3. The van der Waals surface area contributed by atoms with Crippen LogP contribution in [0.4, 0.5) is 13.2 Å². The number of ether oxygens (including phenoxy) is 1. The van der Waals surface area contributed by atoms with Crippen LogP contribution >= 0.6 is 0 Å². The van der Waals surface area contributed by atoms with E-state index in [9.17, 15) is 18.3 Å². The zero-order valence-electron chi connectivity index (χ0n) is 8.39. The van der Waals surface area contributed by atoms with Gasteiger partial charge in [-0.3, -0.25) is 0 Å². The van der Waals surface area contributed by atoms with Gasteiger partial charge in [-0.1, -0.05) is 0 Å². The number of piperidine rings is 1. The molecule has 3 nitrogen and oxygen atoms in total. The first kappa shape index (κ1) is 12.7. The SMILES string of the molecule is OC1CCNCC1CCOCC(F)(F)F. The van der Waals surface area contributed by atoms with Crippen LogP contribution in [-0.2, 0) is 4.74 Å². The molecule has 0 bridgehead atoms. The van der Waals surface area contributed by atoms with Crippen molar-refractivity contribution in [3.63, 3.8) is 0 Å². The Hall–Kier alpha value is -0.330. The minimum atomic E-state index is -4.26. The van der Waals surface area contributed by atoms with Crippen molar-refractivity contribution in [1.82, 2.24) is 5.32 Å². The van der Waals surface area contributed by atoms with E-state index in [0.717, 1.165) is 6.54 Å². The van der Waals surface area contributed by atoms with Gasteiger partial charge in [-0.2, -0.15) is 13.2 Å². The van der Waals surface area contributed by atoms with Crippen LogP contribution in [0.25, 0.3) is 0 Å². The Labute approximate surface area is 86.6 Å². The summed E-state index contributed by atoms with van der Waals surface area (Å²) < 4.78 is 39.6. The topological polar surface area (TPSA) is 41.5 Å². The van der Waals surface area contributed by atoms with E-state index in [0.29, 0.717) is 19.4 Å². The molecule has 0 radical (unpaired) electrons. The van der Waals surface area contributed by atoms with Gasteiger partial charge in [0.05, 0.1) is 6.10 Å². The average Bonchev–Trinajstić information content (AvgIpc) is 2.13. The molecule has 90 valence electrons. The van der Waals surface area contributed by atoms with E-state index in [2.05, 4.69) is 10.1 Å². The lowest BCUT2D eigenvalue weighted by Crippen LogP contribution is -2.40.